The average molecular weight is 325 g/mol. The SMILES string of the molecule is O=C(Nc1ccc2ncccc2c1)c1ccc(-c2cccnc2)cc1. The number of benzene rings is 2. The van der Waals surface area contributed by atoms with Crippen LogP contribution in [0.4, 0.5) is 5.69 Å². The van der Waals surface area contributed by atoms with E-state index in [0.717, 1.165) is 27.7 Å². The first-order chi connectivity index (χ1) is 12.3. The number of fused-ring (bicyclic) bond motifs is 1. The minimum Gasteiger partial charge on any atom is -0.322 e. The van der Waals surface area contributed by atoms with Crippen LogP contribution in [0, 0.1) is 0 Å². The molecular formula is C21H15N3O. The fraction of sp³-hybridized carbons (Fsp3) is 0. The zero-order valence-corrected chi connectivity index (χ0v) is 13.4. The van der Waals surface area contributed by atoms with E-state index in [0.29, 0.717) is 5.56 Å². The smallest absolute Gasteiger partial charge is 0.255 e. The van der Waals surface area contributed by atoms with Gasteiger partial charge in [0.1, 0.15) is 0 Å². The van der Waals surface area contributed by atoms with Gasteiger partial charge in [-0.2, -0.15) is 0 Å². The molecule has 4 rings (SSSR count). The van der Waals surface area contributed by atoms with Gasteiger partial charge in [0.25, 0.3) is 5.91 Å². The fourth-order valence-corrected chi connectivity index (χ4v) is 2.70. The van der Waals surface area contributed by atoms with Crippen LogP contribution in [0.1, 0.15) is 10.4 Å². The van der Waals surface area contributed by atoms with Crippen molar-refractivity contribution in [2.24, 2.45) is 0 Å². The van der Waals surface area contributed by atoms with Crippen LogP contribution in [0.2, 0.25) is 0 Å². The third-order valence-corrected chi connectivity index (χ3v) is 4.00. The number of rotatable bonds is 3. The average Bonchev–Trinajstić information content (AvgIpc) is 2.69. The molecule has 0 saturated carbocycles. The van der Waals surface area contributed by atoms with Crippen LogP contribution < -0.4 is 5.32 Å². The Kier molecular flexibility index (Phi) is 3.92. The maximum absolute atomic E-state index is 12.5. The fourth-order valence-electron chi connectivity index (χ4n) is 2.70. The summed E-state index contributed by atoms with van der Waals surface area (Å²) in [5, 5.41) is 3.92. The van der Waals surface area contributed by atoms with Crippen LogP contribution in [0.25, 0.3) is 22.0 Å². The van der Waals surface area contributed by atoms with Crippen molar-refractivity contribution in [2.75, 3.05) is 5.32 Å². The van der Waals surface area contributed by atoms with Crippen molar-refractivity contribution in [1.82, 2.24) is 9.97 Å². The molecule has 0 bridgehead atoms. The molecule has 120 valence electrons. The van der Waals surface area contributed by atoms with E-state index in [-0.39, 0.29) is 5.91 Å². The lowest BCUT2D eigenvalue weighted by atomic mass is 10.1. The quantitative estimate of drug-likeness (QED) is 0.601. The number of pyridine rings is 2. The standard InChI is InChI=1S/C21H15N3O/c25-21(24-19-9-10-20-17(13-19)3-2-12-23-20)16-7-5-15(6-8-16)18-4-1-11-22-14-18/h1-14H,(H,24,25). The van der Waals surface area contributed by atoms with Crippen LogP contribution in [0.3, 0.4) is 0 Å². The number of anilines is 1. The topological polar surface area (TPSA) is 54.9 Å². The second-order valence-corrected chi connectivity index (χ2v) is 5.68. The number of nitrogens with zero attached hydrogens (tertiary/aromatic N) is 2. The first-order valence-electron chi connectivity index (χ1n) is 7.96. The summed E-state index contributed by atoms with van der Waals surface area (Å²) in [5.74, 6) is -0.138. The molecule has 0 aliphatic heterocycles. The van der Waals surface area contributed by atoms with E-state index >= 15 is 0 Å². The molecule has 2 heterocycles. The summed E-state index contributed by atoms with van der Waals surface area (Å²) in [5.41, 5.74) is 4.32. The number of nitrogens with one attached hydrogen (secondary N) is 1. The van der Waals surface area contributed by atoms with Gasteiger partial charge < -0.3 is 5.32 Å². The molecule has 0 aliphatic carbocycles. The van der Waals surface area contributed by atoms with Crippen molar-refractivity contribution in [2.45, 2.75) is 0 Å². The van der Waals surface area contributed by atoms with Gasteiger partial charge in [-0.25, -0.2) is 0 Å². The molecule has 0 atom stereocenters. The summed E-state index contributed by atoms with van der Waals surface area (Å²) >= 11 is 0. The van der Waals surface area contributed by atoms with Crippen LogP contribution in [-0.2, 0) is 0 Å². The van der Waals surface area contributed by atoms with E-state index in [1.807, 2.05) is 66.7 Å². The monoisotopic (exact) mass is 325 g/mol. The predicted octanol–water partition coefficient (Wildman–Crippen LogP) is 4.55. The molecule has 25 heavy (non-hydrogen) atoms. The van der Waals surface area contributed by atoms with Crippen molar-refractivity contribution in [1.29, 1.82) is 0 Å². The van der Waals surface area contributed by atoms with Gasteiger partial charge in [0, 0.05) is 35.2 Å². The number of carbonyl (C=O) groups is 1. The third kappa shape index (κ3) is 3.23. The molecule has 1 amide bonds. The highest BCUT2D eigenvalue weighted by Gasteiger charge is 2.07. The Balaban J connectivity index is 1.54. The number of carbonyl (C=O) groups excluding carboxylic acids is 1. The summed E-state index contributed by atoms with van der Waals surface area (Å²) in [7, 11) is 0. The molecular weight excluding hydrogens is 310 g/mol. The summed E-state index contributed by atoms with van der Waals surface area (Å²) in [6.07, 6.45) is 5.30. The summed E-state index contributed by atoms with van der Waals surface area (Å²) in [6.45, 7) is 0. The van der Waals surface area contributed by atoms with E-state index < -0.39 is 0 Å². The Morgan fingerprint density at radius 2 is 1.68 bits per heavy atom. The number of hydrogen-bond acceptors (Lipinski definition) is 3. The van der Waals surface area contributed by atoms with E-state index in [4.69, 9.17) is 0 Å². The number of hydrogen-bond donors (Lipinski definition) is 1. The molecule has 0 spiro atoms. The second kappa shape index (κ2) is 6.53. The molecule has 2 aromatic heterocycles. The van der Waals surface area contributed by atoms with Crippen molar-refractivity contribution in [3.05, 3.63) is 90.9 Å². The third-order valence-electron chi connectivity index (χ3n) is 4.00. The van der Waals surface area contributed by atoms with Gasteiger partial charge in [-0.15, -0.1) is 0 Å². The predicted molar refractivity (Wildman–Crippen MR) is 99.4 cm³/mol. The van der Waals surface area contributed by atoms with Crippen molar-refractivity contribution in [3.8, 4) is 11.1 Å². The lowest BCUT2D eigenvalue weighted by molar-refractivity contribution is 0.102. The molecule has 4 aromatic rings. The Hall–Kier alpha value is -3.53. The lowest BCUT2D eigenvalue weighted by Gasteiger charge is -2.07. The maximum Gasteiger partial charge on any atom is 0.255 e. The van der Waals surface area contributed by atoms with Gasteiger partial charge in [-0.05, 0) is 53.6 Å². The van der Waals surface area contributed by atoms with Crippen LogP contribution >= 0.6 is 0 Å². The molecule has 1 N–H and O–H groups in total. The maximum atomic E-state index is 12.5. The van der Waals surface area contributed by atoms with Gasteiger partial charge in [-0.1, -0.05) is 24.3 Å². The first-order valence-corrected chi connectivity index (χ1v) is 7.96. The van der Waals surface area contributed by atoms with Gasteiger partial charge >= 0.3 is 0 Å². The molecule has 0 radical (unpaired) electrons. The molecule has 4 nitrogen and oxygen atoms in total. The van der Waals surface area contributed by atoms with Gasteiger partial charge in [0.15, 0.2) is 0 Å². The Bertz CT molecular complexity index is 1030. The van der Waals surface area contributed by atoms with Crippen LogP contribution in [0.5, 0.6) is 0 Å². The van der Waals surface area contributed by atoms with Crippen molar-refractivity contribution < 1.29 is 4.79 Å². The summed E-state index contributed by atoms with van der Waals surface area (Å²) in [6, 6.07) is 20.9. The van der Waals surface area contributed by atoms with Crippen molar-refractivity contribution >= 4 is 22.5 Å². The van der Waals surface area contributed by atoms with Gasteiger partial charge in [-0.3, -0.25) is 14.8 Å². The molecule has 4 heteroatoms. The Labute approximate surface area is 145 Å². The minimum absolute atomic E-state index is 0.138. The molecule has 0 saturated heterocycles. The van der Waals surface area contributed by atoms with Gasteiger partial charge in [0.2, 0.25) is 0 Å². The van der Waals surface area contributed by atoms with E-state index in [1.54, 1.807) is 18.6 Å². The highest BCUT2D eigenvalue weighted by molar-refractivity contribution is 6.05. The highest BCUT2D eigenvalue weighted by atomic mass is 16.1. The normalized spacial score (nSPS) is 10.6. The zero-order chi connectivity index (χ0) is 17.1. The summed E-state index contributed by atoms with van der Waals surface area (Å²) < 4.78 is 0. The van der Waals surface area contributed by atoms with Gasteiger partial charge in [0.05, 0.1) is 5.52 Å². The van der Waals surface area contributed by atoms with E-state index in [9.17, 15) is 4.79 Å². The lowest BCUT2D eigenvalue weighted by Crippen LogP contribution is -2.11. The number of amides is 1. The highest BCUT2D eigenvalue weighted by Crippen LogP contribution is 2.20. The first kappa shape index (κ1) is 15.0. The zero-order valence-electron chi connectivity index (χ0n) is 13.4. The molecule has 0 fully saturated rings. The molecule has 2 aromatic carbocycles. The van der Waals surface area contributed by atoms with E-state index in [1.165, 1.54) is 0 Å². The van der Waals surface area contributed by atoms with E-state index in [2.05, 4.69) is 15.3 Å². The van der Waals surface area contributed by atoms with Crippen molar-refractivity contribution in [3.63, 3.8) is 0 Å². The van der Waals surface area contributed by atoms with Crippen LogP contribution in [0.15, 0.2) is 85.3 Å². The number of aromatic nitrogens is 2. The Morgan fingerprint density at radius 1 is 0.840 bits per heavy atom. The largest absolute Gasteiger partial charge is 0.322 e. The molecule has 0 unspecified atom stereocenters. The Morgan fingerprint density at radius 3 is 2.48 bits per heavy atom. The molecule has 0 aliphatic rings. The summed E-state index contributed by atoms with van der Waals surface area (Å²) in [4.78, 5) is 20.9. The second-order valence-electron chi connectivity index (χ2n) is 5.68. The minimum atomic E-state index is -0.138. The van der Waals surface area contributed by atoms with Crippen LogP contribution in [-0.4, -0.2) is 15.9 Å².